The molecule has 0 aliphatic carbocycles. The molecule has 2 aromatic carbocycles. The summed E-state index contributed by atoms with van der Waals surface area (Å²) < 4.78 is 4.91. The third kappa shape index (κ3) is 6.84. The molecule has 2 N–H and O–H groups in total. The highest BCUT2D eigenvalue weighted by Crippen LogP contribution is 2.16. The molecule has 27 heavy (non-hydrogen) atoms. The number of hydrogen-bond donors (Lipinski definition) is 2. The van der Waals surface area contributed by atoms with Crippen molar-refractivity contribution in [1.29, 1.82) is 0 Å². The van der Waals surface area contributed by atoms with E-state index in [1.54, 1.807) is 12.0 Å². The van der Waals surface area contributed by atoms with E-state index >= 15 is 0 Å². The average molecular weight is 369 g/mol. The molecule has 2 amide bonds. The Morgan fingerprint density at radius 1 is 1.04 bits per heavy atom. The van der Waals surface area contributed by atoms with Crippen LogP contribution in [0.25, 0.3) is 0 Å². The summed E-state index contributed by atoms with van der Waals surface area (Å²) in [6, 6.07) is 17.0. The van der Waals surface area contributed by atoms with Gasteiger partial charge in [-0.05, 0) is 36.8 Å². The number of nitrogens with zero attached hydrogens (tertiary/aromatic N) is 1. The smallest absolute Gasteiger partial charge is 0.238 e. The first-order chi connectivity index (χ1) is 13.1. The van der Waals surface area contributed by atoms with Crippen LogP contribution in [0.4, 0.5) is 11.4 Å². The number of carbonyl (C=O) groups excluding carboxylic acids is 2. The Morgan fingerprint density at radius 3 is 2.37 bits per heavy atom. The molecule has 2 rings (SSSR count). The zero-order valence-electron chi connectivity index (χ0n) is 15.9. The lowest BCUT2D eigenvalue weighted by Crippen LogP contribution is -2.32. The van der Waals surface area contributed by atoms with Crippen LogP contribution in [0.2, 0.25) is 0 Å². The molecule has 144 valence electrons. The van der Waals surface area contributed by atoms with Crippen molar-refractivity contribution in [3.8, 4) is 0 Å². The van der Waals surface area contributed by atoms with E-state index in [0.29, 0.717) is 31.8 Å². The molecule has 0 radical (unpaired) electrons. The lowest BCUT2D eigenvalue weighted by molar-refractivity contribution is -0.118. The van der Waals surface area contributed by atoms with Gasteiger partial charge in [-0.1, -0.05) is 30.3 Å². The van der Waals surface area contributed by atoms with Crippen LogP contribution in [-0.2, 0) is 20.7 Å². The summed E-state index contributed by atoms with van der Waals surface area (Å²) in [6.45, 7) is 4.00. The van der Waals surface area contributed by atoms with Crippen molar-refractivity contribution >= 4 is 23.2 Å². The molecule has 0 saturated heterocycles. The molecule has 0 heterocycles. The van der Waals surface area contributed by atoms with Crippen molar-refractivity contribution in [2.75, 3.05) is 43.6 Å². The van der Waals surface area contributed by atoms with Gasteiger partial charge >= 0.3 is 0 Å². The van der Waals surface area contributed by atoms with Crippen molar-refractivity contribution < 1.29 is 14.3 Å². The number of amides is 2. The number of nitrogens with one attached hydrogen (secondary N) is 2. The van der Waals surface area contributed by atoms with Crippen molar-refractivity contribution in [1.82, 2.24) is 5.32 Å². The van der Waals surface area contributed by atoms with Gasteiger partial charge in [-0.15, -0.1) is 0 Å². The number of carbonyl (C=O) groups is 2. The monoisotopic (exact) mass is 369 g/mol. The molecule has 0 spiro atoms. The highest BCUT2D eigenvalue weighted by molar-refractivity contribution is 5.95. The molecule has 0 aliphatic rings. The number of para-hydroxylation sites is 1. The van der Waals surface area contributed by atoms with Gasteiger partial charge < -0.3 is 20.3 Å². The van der Waals surface area contributed by atoms with E-state index in [0.717, 1.165) is 11.3 Å². The Hall–Kier alpha value is -2.70. The van der Waals surface area contributed by atoms with Gasteiger partial charge in [0.15, 0.2) is 0 Å². The highest BCUT2D eigenvalue weighted by atomic mass is 16.5. The molecule has 2 aromatic rings. The van der Waals surface area contributed by atoms with Crippen molar-refractivity contribution in [3.63, 3.8) is 0 Å². The van der Waals surface area contributed by atoms with Crippen LogP contribution in [0.5, 0.6) is 0 Å². The minimum atomic E-state index is -0.115. The van der Waals surface area contributed by atoms with Gasteiger partial charge in [0.2, 0.25) is 11.8 Å². The first kappa shape index (κ1) is 20.6. The quantitative estimate of drug-likeness (QED) is 0.631. The molecule has 0 aliphatic heterocycles. The molecular formula is C21H27N3O3. The first-order valence-corrected chi connectivity index (χ1v) is 9.08. The Labute approximate surface area is 160 Å². The Morgan fingerprint density at radius 2 is 1.74 bits per heavy atom. The molecular weight excluding hydrogens is 342 g/mol. The van der Waals surface area contributed by atoms with Crippen LogP contribution in [0.1, 0.15) is 12.5 Å². The van der Waals surface area contributed by atoms with E-state index in [-0.39, 0.29) is 18.4 Å². The number of benzene rings is 2. The molecule has 0 saturated carbocycles. The van der Waals surface area contributed by atoms with Crippen LogP contribution in [0.15, 0.2) is 54.6 Å². The van der Waals surface area contributed by atoms with Crippen molar-refractivity contribution in [2.24, 2.45) is 0 Å². The van der Waals surface area contributed by atoms with Crippen LogP contribution in [0.3, 0.4) is 0 Å². The van der Waals surface area contributed by atoms with Crippen LogP contribution < -0.4 is 15.5 Å². The second-order valence-corrected chi connectivity index (χ2v) is 6.06. The Kier molecular flexibility index (Phi) is 8.48. The number of methoxy groups -OCH3 is 1. The standard InChI is InChI=1S/C21H27N3O3/c1-3-24(19-7-5-4-6-8-19)21(26)15-17-9-11-18(12-10-17)23-20(25)16-22-13-14-27-2/h4-12,22H,3,13-16H2,1-2H3,(H,23,25). The van der Waals surface area contributed by atoms with E-state index in [2.05, 4.69) is 10.6 Å². The zero-order chi connectivity index (χ0) is 19.5. The Bertz CT molecular complexity index is 717. The van der Waals surface area contributed by atoms with Crippen molar-refractivity contribution in [2.45, 2.75) is 13.3 Å². The zero-order valence-corrected chi connectivity index (χ0v) is 15.9. The fourth-order valence-corrected chi connectivity index (χ4v) is 2.67. The fourth-order valence-electron chi connectivity index (χ4n) is 2.67. The second kappa shape index (κ2) is 11.1. The Balaban J connectivity index is 1.87. The van der Waals surface area contributed by atoms with Gasteiger partial charge in [0.05, 0.1) is 19.6 Å². The van der Waals surface area contributed by atoms with Gasteiger partial charge in [0.25, 0.3) is 0 Å². The van der Waals surface area contributed by atoms with E-state index < -0.39 is 0 Å². The van der Waals surface area contributed by atoms with Crippen LogP contribution in [-0.4, -0.2) is 45.2 Å². The number of hydrogen-bond acceptors (Lipinski definition) is 4. The summed E-state index contributed by atoms with van der Waals surface area (Å²) >= 11 is 0. The van der Waals surface area contributed by atoms with Gasteiger partial charge in [-0.2, -0.15) is 0 Å². The van der Waals surface area contributed by atoms with E-state index in [9.17, 15) is 9.59 Å². The molecule has 6 nitrogen and oxygen atoms in total. The topological polar surface area (TPSA) is 70.7 Å². The van der Waals surface area contributed by atoms with Gasteiger partial charge in [-0.25, -0.2) is 0 Å². The minimum Gasteiger partial charge on any atom is -0.383 e. The number of ether oxygens (including phenoxy) is 1. The van der Waals surface area contributed by atoms with Crippen LogP contribution >= 0.6 is 0 Å². The van der Waals surface area contributed by atoms with Gasteiger partial charge in [-0.3, -0.25) is 9.59 Å². The second-order valence-electron chi connectivity index (χ2n) is 6.06. The maximum Gasteiger partial charge on any atom is 0.238 e. The van der Waals surface area contributed by atoms with E-state index in [1.807, 2.05) is 61.5 Å². The summed E-state index contributed by atoms with van der Waals surface area (Å²) in [5.41, 5.74) is 2.51. The maximum atomic E-state index is 12.6. The average Bonchev–Trinajstić information content (AvgIpc) is 2.68. The first-order valence-electron chi connectivity index (χ1n) is 9.08. The summed E-state index contributed by atoms with van der Waals surface area (Å²) in [7, 11) is 1.62. The maximum absolute atomic E-state index is 12.6. The minimum absolute atomic E-state index is 0.0443. The largest absolute Gasteiger partial charge is 0.383 e. The summed E-state index contributed by atoms with van der Waals surface area (Å²) in [4.78, 5) is 26.2. The lowest BCUT2D eigenvalue weighted by Gasteiger charge is -2.21. The van der Waals surface area contributed by atoms with Gasteiger partial charge in [0, 0.05) is 31.6 Å². The molecule has 0 aromatic heterocycles. The molecule has 0 bridgehead atoms. The highest BCUT2D eigenvalue weighted by Gasteiger charge is 2.14. The lowest BCUT2D eigenvalue weighted by atomic mass is 10.1. The van der Waals surface area contributed by atoms with Crippen molar-refractivity contribution in [3.05, 3.63) is 60.2 Å². The molecule has 0 fully saturated rings. The van der Waals surface area contributed by atoms with Crippen LogP contribution in [0, 0.1) is 0 Å². The third-order valence-electron chi connectivity index (χ3n) is 4.05. The SMILES string of the molecule is CCN(C(=O)Cc1ccc(NC(=O)CNCCOC)cc1)c1ccccc1. The predicted molar refractivity (Wildman–Crippen MR) is 108 cm³/mol. The molecule has 0 atom stereocenters. The summed E-state index contributed by atoms with van der Waals surface area (Å²) in [6.07, 6.45) is 0.315. The normalized spacial score (nSPS) is 10.4. The van der Waals surface area contributed by atoms with E-state index in [1.165, 1.54) is 0 Å². The number of likely N-dealkylation sites (N-methyl/N-ethyl adjacent to an activating group) is 1. The summed E-state index contributed by atoms with van der Waals surface area (Å²) in [5.74, 6) is -0.0704. The molecule has 0 unspecified atom stereocenters. The fraction of sp³-hybridized carbons (Fsp3) is 0.333. The molecule has 6 heteroatoms. The number of rotatable bonds is 10. The van der Waals surface area contributed by atoms with Gasteiger partial charge in [0.1, 0.15) is 0 Å². The van der Waals surface area contributed by atoms with E-state index in [4.69, 9.17) is 4.74 Å². The summed E-state index contributed by atoms with van der Waals surface area (Å²) in [5, 5.41) is 5.81. The predicted octanol–water partition coefficient (Wildman–Crippen LogP) is 2.46. The third-order valence-corrected chi connectivity index (χ3v) is 4.05. The number of anilines is 2.